The molecule has 0 aliphatic heterocycles. The number of nitriles is 1. The Morgan fingerprint density at radius 1 is 1.16 bits per heavy atom. The summed E-state index contributed by atoms with van der Waals surface area (Å²) in [5, 5.41) is 15.2. The highest BCUT2D eigenvalue weighted by molar-refractivity contribution is 7.21. The highest BCUT2D eigenvalue weighted by Gasteiger charge is 2.15. The third kappa shape index (κ3) is 3.75. The Balaban J connectivity index is 1.58. The van der Waals surface area contributed by atoms with E-state index in [-0.39, 0.29) is 0 Å². The first kappa shape index (κ1) is 19.2. The molecule has 0 radical (unpaired) electrons. The highest BCUT2D eigenvalue weighted by Crippen LogP contribution is 2.38. The number of nitrogens with zero attached hydrogens (tertiary/aromatic N) is 4. The second-order valence-corrected chi connectivity index (χ2v) is 8.68. The predicted molar refractivity (Wildman–Crippen MR) is 127 cm³/mol. The smallest absolute Gasteiger partial charge is 0.126 e. The molecule has 0 spiro atoms. The molecule has 0 bridgehead atoms. The summed E-state index contributed by atoms with van der Waals surface area (Å²) in [5.41, 5.74) is 5.22. The number of pyridine rings is 2. The van der Waals surface area contributed by atoms with Crippen LogP contribution >= 0.6 is 11.3 Å². The fraction of sp³-hybridized carbons (Fsp3) is 0.125. The fourth-order valence-electron chi connectivity index (χ4n) is 3.64. The van der Waals surface area contributed by atoms with Crippen LogP contribution in [-0.2, 0) is 6.54 Å². The van der Waals surface area contributed by atoms with Crippen LogP contribution < -0.4 is 5.32 Å². The first-order chi connectivity index (χ1) is 15.1. The van der Waals surface area contributed by atoms with Gasteiger partial charge in [-0.1, -0.05) is 6.07 Å². The predicted octanol–water partition coefficient (Wildman–Crippen LogP) is 5.52. The number of anilines is 2. The minimum atomic E-state index is 0.514. The van der Waals surface area contributed by atoms with E-state index >= 15 is 0 Å². The van der Waals surface area contributed by atoms with Crippen molar-refractivity contribution in [3.05, 3.63) is 72.2 Å². The van der Waals surface area contributed by atoms with E-state index in [0.717, 1.165) is 55.3 Å². The normalized spacial score (nSPS) is 11.3. The van der Waals surface area contributed by atoms with Gasteiger partial charge in [0.05, 0.1) is 27.5 Å². The van der Waals surface area contributed by atoms with Crippen molar-refractivity contribution in [3.63, 3.8) is 0 Å². The summed E-state index contributed by atoms with van der Waals surface area (Å²) in [5.74, 6) is 0. The molecule has 31 heavy (non-hydrogen) atoms. The van der Waals surface area contributed by atoms with Gasteiger partial charge in [-0.2, -0.15) is 5.26 Å². The van der Waals surface area contributed by atoms with E-state index in [4.69, 9.17) is 4.98 Å². The van der Waals surface area contributed by atoms with Gasteiger partial charge in [-0.25, -0.2) is 4.98 Å². The van der Waals surface area contributed by atoms with Crippen LogP contribution in [0.5, 0.6) is 0 Å². The third-order valence-electron chi connectivity index (χ3n) is 5.04. The van der Waals surface area contributed by atoms with Gasteiger partial charge >= 0.3 is 0 Å². The Morgan fingerprint density at radius 2 is 2.06 bits per heavy atom. The number of thiophene rings is 1. The first-order valence-electron chi connectivity index (χ1n) is 9.88. The number of nitrogens with one attached hydrogen (secondary N) is 2. The minimum Gasteiger partial charge on any atom is -0.361 e. The molecule has 152 valence electrons. The maximum atomic E-state index is 9.69. The van der Waals surface area contributed by atoms with Crippen molar-refractivity contribution < 1.29 is 0 Å². The molecule has 0 fully saturated rings. The van der Waals surface area contributed by atoms with Gasteiger partial charge in [0.15, 0.2) is 0 Å². The average Bonchev–Trinajstić information content (AvgIpc) is 3.40. The average molecular weight is 425 g/mol. The monoisotopic (exact) mass is 424 g/mol. The maximum Gasteiger partial charge on any atom is 0.126 e. The minimum absolute atomic E-state index is 0.514. The van der Waals surface area contributed by atoms with Crippen LogP contribution in [0.2, 0.25) is 0 Å². The molecule has 5 rings (SSSR count). The van der Waals surface area contributed by atoms with Crippen LogP contribution in [0.1, 0.15) is 11.3 Å². The molecule has 0 aliphatic carbocycles. The standard InChI is InChI=1S/C24H20N6S/c1-30(2)14-18-4-3-5-21(28-18)22-11-19-23(16(12-25)13-27-24(19)31-22)29-17-6-7-20-15(10-17)8-9-26-20/h3-11,13,26H,14H2,1-2H3,(H,27,29). The molecule has 0 unspecified atom stereocenters. The number of rotatable bonds is 5. The van der Waals surface area contributed by atoms with Gasteiger partial charge in [-0.05, 0) is 56.6 Å². The summed E-state index contributed by atoms with van der Waals surface area (Å²) < 4.78 is 0. The Hall–Kier alpha value is -3.73. The van der Waals surface area contributed by atoms with E-state index in [1.165, 1.54) is 0 Å². The van der Waals surface area contributed by atoms with Gasteiger partial charge in [0.1, 0.15) is 10.9 Å². The van der Waals surface area contributed by atoms with Crippen molar-refractivity contribution in [2.24, 2.45) is 0 Å². The van der Waals surface area contributed by atoms with Gasteiger partial charge in [0.25, 0.3) is 0 Å². The Morgan fingerprint density at radius 3 is 2.90 bits per heavy atom. The van der Waals surface area contributed by atoms with Crippen LogP contribution in [0.15, 0.2) is 60.9 Å². The van der Waals surface area contributed by atoms with Crippen molar-refractivity contribution in [2.75, 3.05) is 19.4 Å². The van der Waals surface area contributed by atoms with Crippen LogP contribution in [0.4, 0.5) is 11.4 Å². The van der Waals surface area contributed by atoms with Crippen LogP contribution in [0.3, 0.4) is 0 Å². The number of fused-ring (bicyclic) bond motifs is 2. The number of benzene rings is 1. The summed E-state index contributed by atoms with van der Waals surface area (Å²) in [4.78, 5) is 16.5. The molecule has 2 N–H and O–H groups in total. The van der Waals surface area contributed by atoms with Crippen LogP contribution in [0, 0.1) is 11.3 Å². The molecule has 0 saturated heterocycles. The molecule has 4 aromatic heterocycles. The molecule has 6 nitrogen and oxygen atoms in total. The van der Waals surface area contributed by atoms with Gasteiger partial charge in [-0.15, -0.1) is 11.3 Å². The molecule has 7 heteroatoms. The number of aromatic amines is 1. The lowest BCUT2D eigenvalue weighted by Crippen LogP contribution is -2.11. The zero-order valence-corrected chi connectivity index (χ0v) is 18.0. The van der Waals surface area contributed by atoms with Crippen molar-refractivity contribution in [2.45, 2.75) is 6.54 Å². The van der Waals surface area contributed by atoms with Gasteiger partial charge in [0, 0.05) is 40.9 Å². The lowest BCUT2D eigenvalue weighted by molar-refractivity contribution is 0.397. The summed E-state index contributed by atoms with van der Waals surface area (Å²) in [6, 6.07) is 18.6. The summed E-state index contributed by atoms with van der Waals surface area (Å²) in [6.07, 6.45) is 3.55. The lowest BCUT2D eigenvalue weighted by atomic mass is 10.1. The zero-order valence-electron chi connectivity index (χ0n) is 17.2. The fourth-order valence-corrected chi connectivity index (χ4v) is 4.62. The molecule has 5 aromatic rings. The molecule has 0 aliphatic rings. The quantitative estimate of drug-likeness (QED) is 0.388. The highest BCUT2D eigenvalue weighted by atomic mass is 32.1. The van der Waals surface area contributed by atoms with Gasteiger partial charge < -0.3 is 15.2 Å². The number of hydrogen-bond donors (Lipinski definition) is 2. The lowest BCUT2D eigenvalue weighted by Gasteiger charge is -2.10. The molecular weight excluding hydrogens is 404 g/mol. The SMILES string of the molecule is CN(C)Cc1cccc(-c2cc3c(Nc4ccc5[nH]ccc5c4)c(C#N)cnc3s2)n1. The summed E-state index contributed by atoms with van der Waals surface area (Å²) >= 11 is 1.58. The topological polar surface area (TPSA) is 80.6 Å². The Bertz CT molecular complexity index is 1440. The van der Waals surface area contributed by atoms with Gasteiger partial charge in [-0.3, -0.25) is 4.98 Å². The zero-order chi connectivity index (χ0) is 21.4. The number of H-pyrrole nitrogens is 1. The van der Waals surface area contributed by atoms with Gasteiger partial charge in [0.2, 0.25) is 0 Å². The first-order valence-corrected chi connectivity index (χ1v) is 10.7. The van der Waals surface area contributed by atoms with E-state index in [1.807, 2.05) is 56.7 Å². The molecule has 0 atom stereocenters. The molecule has 0 saturated carbocycles. The van der Waals surface area contributed by atoms with Crippen LogP contribution in [0.25, 0.3) is 31.7 Å². The Kier molecular flexibility index (Phi) is 4.86. The van der Waals surface area contributed by atoms with E-state index in [0.29, 0.717) is 5.56 Å². The number of aromatic nitrogens is 3. The summed E-state index contributed by atoms with van der Waals surface area (Å²) in [6.45, 7) is 0.782. The molecule has 1 aromatic carbocycles. The third-order valence-corrected chi connectivity index (χ3v) is 6.11. The second-order valence-electron chi connectivity index (χ2n) is 7.64. The Labute approximate surface area is 183 Å². The largest absolute Gasteiger partial charge is 0.361 e. The van der Waals surface area contributed by atoms with E-state index < -0.39 is 0 Å². The second kappa shape index (κ2) is 7.84. The van der Waals surface area contributed by atoms with Crippen molar-refractivity contribution in [1.29, 1.82) is 5.26 Å². The van der Waals surface area contributed by atoms with E-state index in [1.54, 1.807) is 17.5 Å². The van der Waals surface area contributed by atoms with Crippen molar-refractivity contribution in [1.82, 2.24) is 19.9 Å². The molecular formula is C24H20N6S. The summed E-state index contributed by atoms with van der Waals surface area (Å²) in [7, 11) is 4.06. The molecule has 0 amide bonds. The maximum absolute atomic E-state index is 9.69. The van der Waals surface area contributed by atoms with Crippen molar-refractivity contribution in [3.8, 4) is 16.6 Å². The number of hydrogen-bond acceptors (Lipinski definition) is 6. The van der Waals surface area contributed by atoms with Crippen LogP contribution in [-0.4, -0.2) is 33.9 Å². The van der Waals surface area contributed by atoms with E-state index in [2.05, 4.69) is 38.4 Å². The van der Waals surface area contributed by atoms with E-state index in [9.17, 15) is 5.26 Å². The molecule has 4 heterocycles. The van der Waals surface area contributed by atoms with Crippen molar-refractivity contribution >= 4 is 43.8 Å².